The lowest BCUT2D eigenvalue weighted by molar-refractivity contribution is -0.116. The number of rotatable bonds is 7. The molecule has 0 unspecified atom stereocenters. The predicted molar refractivity (Wildman–Crippen MR) is 102 cm³/mol. The number of carbonyl (C=O) groups excluding carboxylic acids is 2. The van der Waals surface area contributed by atoms with E-state index in [0.29, 0.717) is 29.3 Å². The third-order valence-electron chi connectivity index (χ3n) is 4.58. The highest BCUT2D eigenvalue weighted by Gasteiger charge is 2.27. The van der Waals surface area contributed by atoms with Gasteiger partial charge in [-0.3, -0.25) is 9.48 Å². The molecule has 1 aliphatic carbocycles. The number of hydrogen-bond acceptors (Lipinski definition) is 5. The van der Waals surface area contributed by atoms with Crippen LogP contribution in [0, 0.1) is 6.92 Å². The third-order valence-corrected chi connectivity index (χ3v) is 5.79. The van der Waals surface area contributed by atoms with Crippen LogP contribution < -0.4 is 5.32 Å². The number of aromatic nitrogens is 2. The smallest absolute Gasteiger partial charge is 0.341 e. The van der Waals surface area contributed by atoms with Gasteiger partial charge in [0.1, 0.15) is 17.2 Å². The summed E-state index contributed by atoms with van der Waals surface area (Å²) in [5, 5.41) is 7.01. The van der Waals surface area contributed by atoms with Crippen LogP contribution in [0.25, 0.3) is 0 Å². The maximum absolute atomic E-state index is 12.8. The van der Waals surface area contributed by atoms with Crippen LogP contribution in [-0.4, -0.2) is 28.3 Å². The molecule has 3 rings (SSSR count). The molecule has 2 heterocycles. The van der Waals surface area contributed by atoms with Crippen molar-refractivity contribution in [3.05, 3.63) is 33.5 Å². The molecule has 28 heavy (non-hydrogen) atoms. The number of hydrogen-bond donors (Lipinski definition) is 1. The van der Waals surface area contributed by atoms with Gasteiger partial charge in [-0.25, -0.2) is 13.6 Å². The van der Waals surface area contributed by atoms with Gasteiger partial charge in [0.2, 0.25) is 5.91 Å². The molecule has 1 N–H and O–H groups in total. The van der Waals surface area contributed by atoms with E-state index in [9.17, 15) is 18.4 Å². The standard InChI is InChI=1S/C19H23F2N3O3S/c1-3-8-27-19(26)16-12-6-4-5-7-14(12)28-18(16)22-15(25)10-24-11(2)9-13(23-24)17(20)21/h9,17H,3-8,10H2,1-2H3,(H,22,25). The van der Waals surface area contributed by atoms with Gasteiger partial charge in [0.15, 0.2) is 0 Å². The number of nitrogens with one attached hydrogen (secondary N) is 1. The van der Waals surface area contributed by atoms with E-state index < -0.39 is 18.3 Å². The Bertz CT molecular complexity index is 876. The Hall–Kier alpha value is -2.29. The van der Waals surface area contributed by atoms with E-state index in [4.69, 9.17) is 4.74 Å². The van der Waals surface area contributed by atoms with Gasteiger partial charge in [-0.2, -0.15) is 5.10 Å². The summed E-state index contributed by atoms with van der Waals surface area (Å²) in [6.07, 6.45) is 1.73. The average Bonchev–Trinajstić information content (AvgIpc) is 3.20. The average molecular weight is 411 g/mol. The predicted octanol–water partition coefficient (Wildman–Crippen LogP) is 4.27. The zero-order chi connectivity index (χ0) is 20.3. The summed E-state index contributed by atoms with van der Waals surface area (Å²) >= 11 is 1.39. The summed E-state index contributed by atoms with van der Waals surface area (Å²) in [7, 11) is 0. The Morgan fingerprint density at radius 2 is 2.11 bits per heavy atom. The monoisotopic (exact) mass is 411 g/mol. The lowest BCUT2D eigenvalue weighted by Gasteiger charge is -2.12. The van der Waals surface area contributed by atoms with E-state index in [0.717, 1.165) is 36.1 Å². The molecule has 2 aromatic rings. The molecule has 152 valence electrons. The number of esters is 1. The fourth-order valence-electron chi connectivity index (χ4n) is 3.24. The number of thiophene rings is 1. The van der Waals surface area contributed by atoms with Gasteiger partial charge in [-0.1, -0.05) is 6.92 Å². The summed E-state index contributed by atoms with van der Waals surface area (Å²) in [5.41, 5.74) is 1.51. The minimum Gasteiger partial charge on any atom is -0.462 e. The highest BCUT2D eigenvalue weighted by atomic mass is 32.1. The van der Waals surface area contributed by atoms with Crippen LogP contribution >= 0.6 is 11.3 Å². The Labute approximate surface area is 165 Å². The number of carbonyl (C=O) groups is 2. The van der Waals surface area contributed by atoms with Crippen LogP contribution in [0.3, 0.4) is 0 Å². The van der Waals surface area contributed by atoms with Crippen LogP contribution in [-0.2, 0) is 28.9 Å². The summed E-state index contributed by atoms with van der Waals surface area (Å²) in [6, 6.07) is 1.26. The van der Waals surface area contributed by atoms with Crippen LogP contribution in [0.1, 0.15) is 64.8 Å². The molecule has 0 spiro atoms. The number of fused-ring (bicyclic) bond motifs is 1. The van der Waals surface area contributed by atoms with E-state index >= 15 is 0 Å². The lowest BCUT2D eigenvalue weighted by Crippen LogP contribution is -2.21. The molecule has 0 fully saturated rings. The first-order chi connectivity index (χ1) is 13.4. The fourth-order valence-corrected chi connectivity index (χ4v) is 4.53. The summed E-state index contributed by atoms with van der Waals surface area (Å²) in [5.74, 6) is -0.845. The van der Waals surface area contributed by atoms with Crippen molar-refractivity contribution < 1.29 is 23.1 Å². The number of nitrogens with zero attached hydrogens (tertiary/aromatic N) is 2. The number of anilines is 1. The second-order valence-electron chi connectivity index (χ2n) is 6.77. The summed E-state index contributed by atoms with van der Waals surface area (Å²) in [4.78, 5) is 26.2. The fraction of sp³-hybridized carbons (Fsp3) is 0.526. The van der Waals surface area contributed by atoms with E-state index in [1.807, 2.05) is 6.92 Å². The van der Waals surface area contributed by atoms with Gasteiger partial charge < -0.3 is 10.1 Å². The van der Waals surface area contributed by atoms with Crippen LogP contribution in [0.2, 0.25) is 0 Å². The van der Waals surface area contributed by atoms with E-state index in [1.54, 1.807) is 6.92 Å². The zero-order valence-electron chi connectivity index (χ0n) is 15.9. The topological polar surface area (TPSA) is 73.2 Å². The van der Waals surface area contributed by atoms with Crippen molar-refractivity contribution in [3.8, 4) is 0 Å². The summed E-state index contributed by atoms with van der Waals surface area (Å²) < 4.78 is 32.1. The molecule has 0 aliphatic heterocycles. The van der Waals surface area contributed by atoms with Crippen molar-refractivity contribution in [2.75, 3.05) is 11.9 Å². The molecular weight excluding hydrogens is 388 g/mol. The number of amides is 1. The first-order valence-electron chi connectivity index (χ1n) is 9.34. The molecule has 6 nitrogen and oxygen atoms in total. The number of halogens is 2. The van der Waals surface area contributed by atoms with Crippen LogP contribution in [0.4, 0.5) is 13.8 Å². The minimum atomic E-state index is -2.69. The first-order valence-corrected chi connectivity index (χ1v) is 10.2. The highest BCUT2D eigenvalue weighted by molar-refractivity contribution is 7.17. The molecule has 1 amide bonds. The Morgan fingerprint density at radius 3 is 2.79 bits per heavy atom. The maximum Gasteiger partial charge on any atom is 0.341 e. The van der Waals surface area contributed by atoms with Crippen molar-refractivity contribution >= 4 is 28.2 Å². The van der Waals surface area contributed by atoms with Gasteiger partial charge in [-0.15, -0.1) is 11.3 Å². The van der Waals surface area contributed by atoms with Gasteiger partial charge in [-0.05, 0) is 50.7 Å². The number of alkyl halides is 2. The van der Waals surface area contributed by atoms with Crippen LogP contribution in [0.5, 0.6) is 0 Å². The van der Waals surface area contributed by atoms with Crippen molar-refractivity contribution in [1.82, 2.24) is 9.78 Å². The second-order valence-corrected chi connectivity index (χ2v) is 7.87. The second kappa shape index (κ2) is 8.81. The number of ether oxygens (including phenoxy) is 1. The minimum absolute atomic E-state index is 0.204. The molecule has 9 heteroatoms. The van der Waals surface area contributed by atoms with Crippen molar-refractivity contribution in [3.63, 3.8) is 0 Å². The van der Waals surface area contributed by atoms with Gasteiger partial charge in [0.25, 0.3) is 6.43 Å². The van der Waals surface area contributed by atoms with Crippen molar-refractivity contribution in [1.29, 1.82) is 0 Å². The molecule has 0 atom stereocenters. The first kappa shape index (κ1) is 20.4. The lowest BCUT2D eigenvalue weighted by atomic mass is 9.95. The highest BCUT2D eigenvalue weighted by Crippen LogP contribution is 2.38. The molecule has 0 radical (unpaired) electrons. The molecule has 0 saturated heterocycles. The maximum atomic E-state index is 12.8. The molecule has 2 aromatic heterocycles. The van der Waals surface area contributed by atoms with Crippen molar-refractivity contribution in [2.24, 2.45) is 0 Å². The summed E-state index contributed by atoms with van der Waals surface area (Å²) in [6.45, 7) is 3.65. The Balaban J connectivity index is 1.80. The van der Waals surface area contributed by atoms with Crippen LogP contribution in [0.15, 0.2) is 6.07 Å². The largest absolute Gasteiger partial charge is 0.462 e. The molecular formula is C19H23F2N3O3S. The van der Waals surface area contributed by atoms with E-state index in [1.165, 1.54) is 22.1 Å². The Kier molecular flexibility index (Phi) is 6.43. The van der Waals surface area contributed by atoms with Crippen molar-refractivity contribution in [2.45, 2.75) is 58.9 Å². The Morgan fingerprint density at radius 1 is 1.36 bits per heavy atom. The molecule has 0 bridgehead atoms. The van der Waals surface area contributed by atoms with E-state index in [2.05, 4.69) is 10.4 Å². The normalized spacial score (nSPS) is 13.5. The van der Waals surface area contributed by atoms with Gasteiger partial charge >= 0.3 is 5.97 Å². The third kappa shape index (κ3) is 4.40. The quantitative estimate of drug-likeness (QED) is 0.691. The molecule has 0 aromatic carbocycles. The van der Waals surface area contributed by atoms with Gasteiger partial charge in [0, 0.05) is 10.6 Å². The SMILES string of the molecule is CCCOC(=O)c1c(NC(=O)Cn2nc(C(F)F)cc2C)sc2c1CCCC2. The van der Waals surface area contributed by atoms with Gasteiger partial charge in [0.05, 0.1) is 12.2 Å². The number of aryl methyl sites for hydroxylation is 2. The van der Waals surface area contributed by atoms with E-state index in [-0.39, 0.29) is 12.2 Å². The molecule has 1 aliphatic rings. The molecule has 0 saturated carbocycles. The zero-order valence-corrected chi connectivity index (χ0v) is 16.7.